The van der Waals surface area contributed by atoms with Crippen LogP contribution in [-0.2, 0) is 17.9 Å². The first-order chi connectivity index (χ1) is 12.2. The number of benzene rings is 1. The van der Waals surface area contributed by atoms with Crippen molar-refractivity contribution in [1.82, 2.24) is 9.88 Å². The van der Waals surface area contributed by atoms with Crippen molar-refractivity contribution in [1.29, 1.82) is 0 Å². The van der Waals surface area contributed by atoms with E-state index in [-0.39, 0.29) is 17.6 Å². The van der Waals surface area contributed by atoms with Crippen molar-refractivity contribution in [2.45, 2.75) is 25.4 Å². The largest absolute Gasteiger partial charge is 0.467 e. The van der Waals surface area contributed by atoms with Crippen LogP contribution in [0.3, 0.4) is 0 Å². The Kier molecular flexibility index (Phi) is 3.98. The highest BCUT2D eigenvalue weighted by molar-refractivity contribution is 6.08. The Morgan fingerprint density at radius 2 is 1.92 bits per heavy atom. The second kappa shape index (κ2) is 6.43. The van der Waals surface area contributed by atoms with Crippen LogP contribution < -0.4 is 5.32 Å². The topological polar surface area (TPSA) is 64.2 Å². The molecular formula is C20H18N2O3. The molecule has 25 heavy (non-hydrogen) atoms. The van der Waals surface area contributed by atoms with E-state index in [1.807, 2.05) is 53.1 Å². The Labute approximate surface area is 145 Å². The molecule has 1 N–H and O–H groups in total. The van der Waals surface area contributed by atoms with E-state index in [0.717, 1.165) is 11.5 Å². The lowest BCUT2D eigenvalue weighted by atomic mass is 10.0. The lowest BCUT2D eigenvalue weighted by Gasteiger charge is -2.09. The monoisotopic (exact) mass is 334 g/mol. The van der Waals surface area contributed by atoms with Gasteiger partial charge in [0.1, 0.15) is 5.76 Å². The molecule has 1 aliphatic rings. The fraction of sp³-hybridized carbons (Fsp3) is 0.200. The predicted octanol–water partition coefficient (Wildman–Crippen LogP) is 3.12. The van der Waals surface area contributed by atoms with Gasteiger partial charge in [-0.2, -0.15) is 0 Å². The van der Waals surface area contributed by atoms with Crippen LogP contribution in [0.5, 0.6) is 0 Å². The summed E-state index contributed by atoms with van der Waals surface area (Å²) in [7, 11) is 0. The van der Waals surface area contributed by atoms with Crippen LogP contribution in [0.4, 0.5) is 0 Å². The quantitative estimate of drug-likeness (QED) is 0.729. The lowest BCUT2D eigenvalue weighted by Crippen LogP contribution is -2.27. The van der Waals surface area contributed by atoms with Crippen molar-refractivity contribution in [2.24, 2.45) is 0 Å². The van der Waals surface area contributed by atoms with E-state index in [9.17, 15) is 9.59 Å². The van der Waals surface area contributed by atoms with Gasteiger partial charge in [-0.05, 0) is 30.7 Å². The summed E-state index contributed by atoms with van der Waals surface area (Å²) in [6.45, 7) is 1.05. The van der Waals surface area contributed by atoms with Gasteiger partial charge >= 0.3 is 0 Å². The SMILES string of the molecule is O=C(c1ccccc1)c1ccc2n1CC[C@@H]2C(=O)NCc1ccco1. The number of hydrogen-bond donors (Lipinski definition) is 1. The predicted molar refractivity (Wildman–Crippen MR) is 92.2 cm³/mol. The molecule has 0 spiro atoms. The highest BCUT2D eigenvalue weighted by atomic mass is 16.3. The zero-order valence-corrected chi connectivity index (χ0v) is 13.6. The number of furan rings is 1. The van der Waals surface area contributed by atoms with Crippen molar-refractivity contribution in [3.8, 4) is 0 Å². The van der Waals surface area contributed by atoms with E-state index >= 15 is 0 Å². The smallest absolute Gasteiger partial charge is 0.229 e. The standard InChI is InChI=1S/C20H18N2O3/c23-19(14-5-2-1-3-6-14)18-9-8-17-16(10-11-22(17)18)20(24)21-13-15-7-4-12-25-15/h1-9,12,16H,10-11,13H2,(H,21,24)/t16-/m0/s1. The molecule has 0 saturated carbocycles. The molecule has 1 aliphatic heterocycles. The van der Waals surface area contributed by atoms with Gasteiger partial charge in [0, 0.05) is 17.8 Å². The molecule has 3 aromatic rings. The van der Waals surface area contributed by atoms with Crippen molar-refractivity contribution in [2.75, 3.05) is 0 Å². The van der Waals surface area contributed by atoms with Crippen LogP contribution in [0.25, 0.3) is 0 Å². The number of aromatic nitrogens is 1. The van der Waals surface area contributed by atoms with Gasteiger partial charge in [0.05, 0.1) is 24.4 Å². The van der Waals surface area contributed by atoms with Gasteiger partial charge in [-0.25, -0.2) is 0 Å². The normalized spacial score (nSPS) is 15.8. The van der Waals surface area contributed by atoms with Crippen molar-refractivity contribution < 1.29 is 14.0 Å². The van der Waals surface area contributed by atoms with Crippen molar-refractivity contribution >= 4 is 11.7 Å². The van der Waals surface area contributed by atoms with Crippen molar-refractivity contribution in [3.63, 3.8) is 0 Å². The Morgan fingerprint density at radius 3 is 2.68 bits per heavy atom. The fourth-order valence-corrected chi connectivity index (χ4v) is 3.35. The van der Waals surface area contributed by atoms with Crippen molar-refractivity contribution in [3.05, 3.63) is 83.6 Å². The zero-order valence-electron chi connectivity index (χ0n) is 13.6. The van der Waals surface area contributed by atoms with Gasteiger partial charge in [-0.15, -0.1) is 0 Å². The third-order valence-corrected chi connectivity index (χ3v) is 4.61. The minimum absolute atomic E-state index is 0.0107. The number of carbonyl (C=O) groups is 2. The van der Waals surface area contributed by atoms with Gasteiger partial charge in [-0.3, -0.25) is 9.59 Å². The Hall–Kier alpha value is -3.08. The van der Waals surface area contributed by atoms with Crippen LogP contribution in [-0.4, -0.2) is 16.3 Å². The van der Waals surface area contributed by atoms with Gasteiger partial charge in [0.2, 0.25) is 11.7 Å². The molecule has 1 aromatic carbocycles. The maximum Gasteiger partial charge on any atom is 0.229 e. The summed E-state index contributed by atoms with van der Waals surface area (Å²) in [5.74, 6) is 0.449. The van der Waals surface area contributed by atoms with E-state index in [1.165, 1.54) is 0 Å². The van der Waals surface area contributed by atoms with E-state index in [2.05, 4.69) is 5.32 Å². The summed E-state index contributed by atoms with van der Waals surface area (Å²) < 4.78 is 7.20. The number of ketones is 1. The maximum absolute atomic E-state index is 12.7. The summed E-state index contributed by atoms with van der Waals surface area (Å²) >= 11 is 0. The minimum atomic E-state index is -0.229. The first-order valence-corrected chi connectivity index (χ1v) is 8.33. The van der Waals surface area contributed by atoms with E-state index in [1.54, 1.807) is 12.3 Å². The van der Waals surface area contributed by atoms with Gasteiger partial charge < -0.3 is 14.3 Å². The first kappa shape index (κ1) is 15.4. The Morgan fingerprint density at radius 1 is 1.08 bits per heavy atom. The number of hydrogen-bond acceptors (Lipinski definition) is 3. The number of rotatable bonds is 5. The summed E-state index contributed by atoms with van der Waals surface area (Å²) in [6, 6.07) is 16.5. The molecule has 126 valence electrons. The van der Waals surface area contributed by atoms with E-state index < -0.39 is 0 Å². The van der Waals surface area contributed by atoms with Crippen LogP contribution in [0.15, 0.2) is 65.3 Å². The molecule has 1 atom stereocenters. The molecule has 0 aliphatic carbocycles. The third kappa shape index (κ3) is 2.89. The number of carbonyl (C=O) groups excluding carboxylic acids is 2. The summed E-state index contributed by atoms with van der Waals surface area (Å²) in [4.78, 5) is 25.2. The molecule has 0 radical (unpaired) electrons. The summed E-state index contributed by atoms with van der Waals surface area (Å²) in [5.41, 5.74) is 2.20. The Bertz CT molecular complexity index is 894. The molecule has 0 bridgehead atoms. The summed E-state index contributed by atoms with van der Waals surface area (Å²) in [5, 5.41) is 2.91. The number of amides is 1. The molecule has 0 unspecified atom stereocenters. The Balaban J connectivity index is 1.51. The molecular weight excluding hydrogens is 316 g/mol. The molecule has 1 amide bonds. The second-order valence-electron chi connectivity index (χ2n) is 6.13. The molecule has 0 fully saturated rings. The second-order valence-corrected chi connectivity index (χ2v) is 6.13. The molecule has 4 rings (SSSR count). The van der Waals surface area contributed by atoms with Crippen LogP contribution in [0, 0.1) is 0 Å². The minimum Gasteiger partial charge on any atom is -0.467 e. The zero-order chi connectivity index (χ0) is 17.2. The van der Waals surface area contributed by atoms with Gasteiger partial charge in [0.15, 0.2) is 0 Å². The molecule has 5 heteroatoms. The van der Waals surface area contributed by atoms with Crippen LogP contribution >= 0.6 is 0 Å². The summed E-state index contributed by atoms with van der Waals surface area (Å²) in [6.07, 6.45) is 2.29. The highest BCUT2D eigenvalue weighted by Crippen LogP contribution is 2.31. The number of fused-ring (bicyclic) bond motifs is 1. The number of nitrogens with one attached hydrogen (secondary N) is 1. The van der Waals surface area contributed by atoms with Crippen LogP contribution in [0.2, 0.25) is 0 Å². The van der Waals surface area contributed by atoms with Gasteiger partial charge in [0.25, 0.3) is 0 Å². The lowest BCUT2D eigenvalue weighted by molar-refractivity contribution is -0.122. The molecule has 0 saturated heterocycles. The fourth-order valence-electron chi connectivity index (χ4n) is 3.35. The van der Waals surface area contributed by atoms with Gasteiger partial charge in [-0.1, -0.05) is 30.3 Å². The van der Waals surface area contributed by atoms with Crippen LogP contribution in [0.1, 0.15) is 39.8 Å². The molecule has 2 aromatic heterocycles. The maximum atomic E-state index is 12.7. The first-order valence-electron chi connectivity index (χ1n) is 8.33. The average Bonchev–Trinajstić information content (AvgIpc) is 3.37. The third-order valence-electron chi connectivity index (χ3n) is 4.61. The molecule has 3 heterocycles. The van der Waals surface area contributed by atoms with E-state index in [4.69, 9.17) is 4.42 Å². The highest BCUT2D eigenvalue weighted by Gasteiger charge is 2.31. The van der Waals surface area contributed by atoms with E-state index in [0.29, 0.717) is 30.8 Å². The number of nitrogens with zero attached hydrogens (tertiary/aromatic N) is 1. The molecule has 5 nitrogen and oxygen atoms in total. The average molecular weight is 334 g/mol.